The van der Waals surface area contributed by atoms with Crippen molar-refractivity contribution in [1.82, 2.24) is 0 Å². The molecule has 20 heavy (non-hydrogen) atoms. The predicted molar refractivity (Wildman–Crippen MR) is 84.1 cm³/mol. The van der Waals surface area contributed by atoms with E-state index in [2.05, 4.69) is 12.2 Å². The summed E-state index contributed by atoms with van der Waals surface area (Å²) in [5.74, 6) is 0. The van der Waals surface area contributed by atoms with Crippen LogP contribution in [-0.2, 0) is 10.0 Å². The minimum absolute atomic E-state index is 0.0418. The average molecular weight is 299 g/mol. The maximum absolute atomic E-state index is 11.2. The van der Waals surface area contributed by atoms with Crippen LogP contribution >= 0.6 is 0 Å². The lowest BCUT2D eigenvalue weighted by molar-refractivity contribution is 0.598. The fourth-order valence-corrected chi connectivity index (χ4v) is 2.56. The smallest absolute Gasteiger partial charge is 0.238 e. The summed E-state index contributed by atoms with van der Waals surface area (Å²) in [7, 11) is -3.69. The summed E-state index contributed by atoms with van der Waals surface area (Å²) in [4.78, 5) is 0.0418. The van der Waals surface area contributed by atoms with Crippen LogP contribution in [0.1, 0.15) is 45.4 Å². The van der Waals surface area contributed by atoms with Crippen LogP contribution < -0.4 is 16.2 Å². The lowest BCUT2D eigenvalue weighted by atomic mass is 10.1. The van der Waals surface area contributed by atoms with Crippen molar-refractivity contribution in [3.05, 3.63) is 18.2 Å². The van der Waals surface area contributed by atoms with E-state index in [9.17, 15) is 8.42 Å². The van der Waals surface area contributed by atoms with Gasteiger partial charge in [0.25, 0.3) is 0 Å². The third-order valence-corrected chi connectivity index (χ3v) is 4.11. The van der Waals surface area contributed by atoms with E-state index in [1.165, 1.54) is 44.2 Å². The highest BCUT2D eigenvalue weighted by molar-refractivity contribution is 7.89. The zero-order chi connectivity index (χ0) is 15.0. The van der Waals surface area contributed by atoms with Gasteiger partial charge >= 0.3 is 0 Å². The molecule has 1 aromatic carbocycles. The number of sulfonamides is 1. The molecule has 0 bridgehead atoms. The molecule has 1 rings (SSSR count). The van der Waals surface area contributed by atoms with Gasteiger partial charge in [0.1, 0.15) is 0 Å². The molecule has 0 aliphatic heterocycles. The van der Waals surface area contributed by atoms with E-state index in [0.717, 1.165) is 18.7 Å². The first-order valence-corrected chi connectivity index (χ1v) is 8.66. The van der Waals surface area contributed by atoms with Crippen LogP contribution in [0, 0.1) is 0 Å². The minimum Gasteiger partial charge on any atom is -0.397 e. The summed E-state index contributed by atoms with van der Waals surface area (Å²) in [6, 6.07) is 4.51. The molecule has 0 fully saturated rings. The second-order valence-corrected chi connectivity index (χ2v) is 6.55. The third-order valence-electron chi connectivity index (χ3n) is 3.20. The number of anilines is 2. The Kier molecular flexibility index (Phi) is 6.81. The van der Waals surface area contributed by atoms with Gasteiger partial charge in [-0.1, -0.05) is 39.0 Å². The lowest BCUT2D eigenvalue weighted by Gasteiger charge is -2.10. The SMILES string of the molecule is CCCCCCCCNc1ccc(S(N)(=O)=O)cc1N. The molecule has 0 atom stereocenters. The van der Waals surface area contributed by atoms with Crippen LogP contribution in [-0.4, -0.2) is 15.0 Å². The van der Waals surface area contributed by atoms with Crippen molar-refractivity contribution in [2.45, 2.75) is 50.3 Å². The number of nitrogen functional groups attached to an aromatic ring is 1. The third kappa shape index (κ3) is 5.79. The summed E-state index contributed by atoms with van der Waals surface area (Å²) < 4.78 is 22.4. The van der Waals surface area contributed by atoms with Gasteiger partial charge in [0, 0.05) is 6.54 Å². The fraction of sp³-hybridized carbons (Fsp3) is 0.571. The number of hydrogen-bond acceptors (Lipinski definition) is 4. The zero-order valence-electron chi connectivity index (χ0n) is 12.1. The molecule has 0 aromatic heterocycles. The standard InChI is InChI=1S/C14H25N3O2S/c1-2-3-4-5-6-7-10-17-14-9-8-12(11-13(14)15)20(16,18)19/h8-9,11,17H,2-7,10,15H2,1H3,(H2,16,18,19). The molecular formula is C14H25N3O2S. The highest BCUT2D eigenvalue weighted by Crippen LogP contribution is 2.22. The Bertz CT molecular complexity index is 515. The molecule has 0 saturated heterocycles. The van der Waals surface area contributed by atoms with Gasteiger partial charge in [-0.25, -0.2) is 13.6 Å². The van der Waals surface area contributed by atoms with Gasteiger partial charge in [-0.3, -0.25) is 0 Å². The molecule has 6 heteroatoms. The maximum atomic E-state index is 11.2. The number of unbranched alkanes of at least 4 members (excludes halogenated alkanes) is 5. The number of nitrogens with one attached hydrogen (secondary N) is 1. The summed E-state index contributed by atoms with van der Waals surface area (Å²) in [5, 5.41) is 8.27. The molecule has 0 heterocycles. The number of primary sulfonamides is 1. The van der Waals surface area contributed by atoms with Crippen molar-refractivity contribution in [3.63, 3.8) is 0 Å². The van der Waals surface area contributed by atoms with E-state index >= 15 is 0 Å². The zero-order valence-corrected chi connectivity index (χ0v) is 12.9. The summed E-state index contributed by atoms with van der Waals surface area (Å²) in [6.45, 7) is 3.04. The van der Waals surface area contributed by atoms with Crippen molar-refractivity contribution in [3.8, 4) is 0 Å². The lowest BCUT2D eigenvalue weighted by Crippen LogP contribution is -2.13. The highest BCUT2D eigenvalue weighted by Gasteiger charge is 2.09. The van der Waals surface area contributed by atoms with Gasteiger partial charge in [-0.05, 0) is 24.6 Å². The van der Waals surface area contributed by atoms with Gasteiger partial charge in [-0.15, -0.1) is 0 Å². The summed E-state index contributed by atoms with van der Waals surface area (Å²) in [6.07, 6.45) is 7.39. The maximum Gasteiger partial charge on any atom is 0.238 e. The first-order chi connectivity index (χ1) is 9.45. The van der Waals surface area contributed by atoms with E-state index in [0.29, 0.717) is 5.69 Å². The normalized spacial score (nSPS) is 11.5. The molecule has 5 nitrogen and oxygen atoms in total. The monoisotopic (exact) mass is 299 g/mol. The Balaban J connectivity index is 2.38. The van der Waals surface area contributed by atoms with Gasteiger partial charge < -0.3 is 11.1 Å². The fourth-order valence-electron chi connectivity index (χ4n) is 2.01. The number of benzene rings is 1. The Labute approximate surface area is 121 Å². The Morgan fingerprint density at radius 1 is 1.10 bits per heavy atom. The Hall–Kier alpha value is -1.27. The van der Waals surface area contributed by atoms with Crippen LogP contribution in [0.2, 0.25) is 0 Å². The van der Waals surface area contributed by atoms with Gasteiger partial charge in [0.05, 0.1) is 16.3 Å². The van der Waals surface area contributed by atoms with Crippen molar-refractivity contribution < 1.29 is 8.42 Å². The first-order valence-electron chi connectivity index (χ1n) is 7.11. The molecule has 114 valence electrons. The van der Waals surface area contributed by atoms with Crippen LogP contribution in [0.3, 0.4) is 0 Å². The average Bonchev–Trinajstić information content (AvgIpc) is 2.38. The van der Waals surface area contributed by atoms with Crippen molar-refractivity contribution in [2.24, 2.45) is 5.14 Å². The largest absolute Gasteiger partial charge is 0.397 e. The Morgan fingerprint density at radius 3 is 2.35 bits per heavy atom. The molecular weight excluding hydrogens is 274 g/mol. The predicted octanol–water partition coefficient (Wildman–Crippen LogP) is 2.69. The van der Waals surface area contributed by atoms with Gasteiger partial charge in [0.2, 0.25) is 10.0 Å². The molecule has 0 saturated carbocycles. The molecule has 0 spiro atoms. The molecule has 0 unspecified atom stereocenters. The number of rotatable bonds is 9. The quantitative estimate of drug-likeness (QED) is 0.482. The topological polar surface area (TPSA) is 98.2 Å². The molecule has 0 aliphatic carbocycles. The van der Waals surface area contributed by atoms with Crippen LogP contribution in [0.4, 0.5) is 11.4 Å². The molecule has 1 aromatic rings. The van der Waals surface area contributed by atoms with E-state index in [4.69, 9.17) is 10.9 Å². The van der Waals surface area contributed by atoms with Crippen LogP contribution in [0.5, 0.6) is 0 Å². The van der Waals surface area contributed by atoms with Crippen LogP contribution in [0.15, 0.2) is 23.1 Å². The van der Waals surface area contributed by atoms with E-state index in [-0.39, 0.29) is 4.90 Å². The molecule has 5 N–H and O–H groups in total. The number of hydrogen-bond donors (Lipinski definition) is 3. The molecule has 0 radical (unpaired) electrons. The second-order valence-electron chi connectivity index (χ2n) is 4.99. The highest BCUT2D eigenvalue weighted by atomic mass is 32.2. The van der Waals surface area contributed by atoms with E-state index in [1.807, 2.05) is 0 Å². The van der Waals surface area contributed by atoms with E-state index in [1.54, 1.807) is 6.07 Å². The van der Waals surface area contributed by atoms with Crippen molar-refractivity contribution in [2.75, 3.05) is 17.6 Å². The Morgan fingerprint density at radius 2 is 1.75 bits per heavy atom. The van der Waals surface area contributed by atoms with Crippen LogP contribution in [0.25, 0.3) is 0 Å². The molecule has 0 amide bonds. The van der Waals surface area contributed by atoms with Crippen molar-refractivity contribution in [1.29, 1.82) is 0 Å². The molecule has 0 aliphatic rings. The second kappa shape index (κ2) is 8.11. The van der Waals surface area contributed by atoms with Gasteiger partial charge in [0.15, 0.2) is 0 Å². The van der Waals surface area contributed by atoms with E-state index < -0.39 is 10.0 Å². The van der Waals surface area contributed by atoms with Crippen molar-refractivity contribution >= 4 is 21.4 Å². The number of nitrogens with two attached hydrogens (primary N) is 2. The van der Waals surface area contributed by atoms with Gasteiger partial charge in [-0.2, -0.15) is 0 Å². The minimum atomic E-state index is -3.69. The first kappa shape index (κ1) is 16.8. The summed E-state index contributed by atoms with van der Waals surface area (Å²) in [5.41, 5.74) is 6.98. The summed E-state index contributed by atoms with van der Waals surface area (Å²) >= 11 is 0.